The van der Waals surface area contributed by atoms with Crippen LogP contribution in [-0.4, -0.2) is 4.98 Å². The lowest BCUT2D eigenvalue weighted by molar-refractivity contribution is 1.25. The van der Waals surface area contributed by atoms with Crippen molar-refractivity contribution in [2.24, 2.45) is 0 Å². The van der Waals surface area contributed by atoms with Gasteiger partial charge in [-0.25, -0.2) is 0 Å². The Balaban J connectivity index is 3.06. The third-order valence-corrected chi connectivity index (χ3v) is 1.14. The Morgan fingerprint density at radius 1 is 1.75 bits per heavy atom. The van der Waals surface area contributed by atoms with Crippen molar-refractivity contribution in [2.75, 3.05) is 0 Å². The van der Waals surface area contributed by atoms with Crippen LogP contribution in [0.2, 0.25) is 0 Å². The second kappa shape index (κ2) is 2.27. The normalized spacial score (nSPS) is 16.4. The van der Waals surface area contributed by atoms with Crippen LogP contribution >= 0.6 is 15.9 Å². The predicted octanol–water partition coefficient (Wildman–Crippen LogP) is 2.15. The maximum absolute atomic E-state index is 7.04. The molecule has 8 heavy (non-hydrogen) atoms. The van der Waals surface area contributed by atoms with Crippen LogP contribution in [-0.2, 0) is 0 Å². The van der Waals surface area contributed by atoms with Gasteiger partial charge in [0.25, 0.3) is 0 Å². The molecule has 0 bridgehead atoms. The summed E-state index contributed by atoms with van der Waals surface area (Å²) < 4.78 is 21.8. The first-order chi connectivity index (χ1) is 5.00. The first-order valence-corrected chi connectivity index (χ1v) is 2.90. The highest BCUT2D eigenvalue weighted by Crippen LogP contribution is 2.07. The molecular weight excluding hydrogens is 166 g/mol. The number of rotatable bonds is 0. The standard InChI is InChI=1S/C6H6BrN/c1-5-2-6(7)4-8-3-5/h2-4H,1H3/i1D3. The summed E-state index contributed by atoms with van der Waals surface area (Å²) in [5.41, 5.74) is 0.256. The van der Waals surface area contributed by atoms with Crippen LogP contribution in [0.5, 0.6) is 0 Å². The molecule has 0 fully saturated rings. The van der Waals surface area contributed by atoms with Crippen molar-refractivity contribution in [2.45, 2.75) is 6.85 Å². The molecule has 0 atom stereocenters. The number of hydrogen-bond donors (Lipinski definition) is 0. The van der Waals surface area contributed by atoms with E-state index in [1.165, 1.54) is 6.20 Å². The summed E-state index contributed by atoms with van der Waals surface area (Å²) >= 11 is 3.14. The summed E-state index contributed by atoms with van der Waals surface area (Å²) in [6, 6.07) is 1.54. The molecule has 0 amide bonds. The van der Waals surface area contributed by atoms with Gasteiger partial charge >= 0.3 is 0 Å². The quantitative estimate of drug-likeness (QED) is 0.588. The lowest BCUT2D eigenvalue weighted by Crippen LogP contribution is -1.73. The summed E-state index contributed by atoms with van der Waals surface area (Å²) in [5.74, 6) is 0. The summed E-state index contributed by atoms with van der Waals surface area (Å²) in [6.07, 6.45) is 2.90. The van der Waals surface area contributed by atoms with Crippen LogP contribution in [0.15, 0.2) is 22.9 Å². The number of pyridine rings is 1. The van der Waals surface area contributed by atoms with E-state index in [0.717, 1.165) is 0 Å². The van der Waals surface area contributed by atoms with Gasteiger partial charge in [0.1, 0.15) is 0 Å². The fourth-order valence-electron chi connectivity index (χ4n) is 0.412. The van der Waals surface area contributed by atoms with Crippen molar-refractivity contribution in [1.29, 1.82) is 0 Å². The van der Waals surface area contributed by atoms with Crippen LogP contribution in [0, 0.1) is 6.85 Å². The van der Waals surface area contributed by atoms with E-state index in [9.17, 15) is 0 Å². The van der Waals surface area contributed by atoms with Gasteiger partial charge in [-0.1, -0.05) is 0 Å². The minimum Gasteiger partial charge on any atom is -0.263 e. The summed E-state index contributed by atoms with van der Waals surface area (Å²) in [5, 5.41) is 0. The molecule has 1 rings (SSSR count). The van der Waals surface area contributed by atoms with Gasteiger partial charge in [0.05, 0.1) is 0 Å². The molecule has 0 aromatic carbocycles. The average Bonchev–Trinajstić information content (AvgIpc) is 1.86. The van der Waals surface area contributed by atoms with E-state index in [0.29, 0.717) is 4.47 Å². The molecule has 1 nitrogen and oxygen atoms in total. The van der Waals surface area contributed by atoms with Crippen molar-refractivity contribution >= 4 is 15.9 Å². The Labute approximate surface area is 61.1 Å². The average molecular weight is 175 g/mol. The van der Waals surface area contributed by atoms with Crippen molar-refractivity contribution in [3.05, 3.63) is 28.5 Å². The maximum atomic E-state index is 7.04. The number of halogens is 1. The van der Waals surface area contributed by atoms with Crippen molar-refractivity contribution in [3.63, 3.8) is 0 Å². The molecule has 0 aliphatic rings. The van der Waals surface area contributed by atoms with Crippen LogP contribution in [0.1, 0.15) is 9.68 Å². The Kier molecular flexibility index (Phi) is 0.841. The van der Waals surface area contributed by atoms with E-state index in [1.54, 1.807) is 12.3 Å². The van der Waals surface area contributed by atoms with Gasteiger partial charge in [-0.15, -0.1) is 0 Å². The lowest BCUT2D eigenvalue weighted by atomic mass is 10.3. The Bertz CT molecular complexity index is 258. The van der Waals surface area contributed by atoms with E-state index in [1.807, 2.05) is 0 Å². The molecule has 1 aromatic heterocycles. The Morgan fingerprint density at radius 3 is 3.12 bits per heavy atom. The van der Waals surface area contributed by atoms with Crippen LogP contribution < -0.4 is 0 Å². The smallest absolute Gasteiger partial charge is 0.0410 e. The van der Waals surface area contributed by atoms with E-state index in [4.69, 9.17) is 4.11 Å². The zero-order valence-electron chi connectivity index (χ0n) is 7.06. The van der Waals surface area contributed by atoms with Gasteiger partial charge < -0.3 is 0 Å². The highest BCUT2D eigenvalue weighted by atomic mass is 79.9. The SMILES string of the molecule is [2H]C([2H])([2H])c1cncc(Br)c1. The summed E-state index contributed by atoms with van der Waals surface area (Å²) in [4.78, 5) is 3.74. The molecule has 0 saturated carbocycles. The molecule has 0 saturated heterocycles. The van der Waals surface area contributed by atoms with Crippen molar-refractivity contribution < 1.29 is 4.11 Å². The zero-order chi connectivity index (χ0) is 8.48. The maximum Gasteiger partial charge on any atom is 0.0410 e. The summed E-state index contributed by atoms with van der Waals surface area (Å²) in [7, 11) is 0. The second-order valence-electron chi connectivity index (χ2n) is 1.39. The molecular formula is C6H6BrN. The van der Waals surface area contributed by atoms with Crippen molar-refractivity contribution in [3.8, 4) is 0 Å². The van der Waals surface area contributed by atoms with E-state index in [-0.39, 0.29) is 5.56 Å². The predicted molar refractivity (Wildman–Crippen MR) is 36.7 cm³/mol. The zero-order valence-corrected chi connectivity index (χ0v) is 5.64. The molecule has 0 radical (unpaired) electrons. The molecule has 2 heteroatoms. The molecule has 42 valence electrons. The minimum absolute atomic E-state index is 0.256. The molecule has 0 unspecified atom stereocenters. The van der Waals surface area contributed by atoms with Gasteiger partial charge in [0, 0.05) is 21.0 Å². The van der Waals surface area contributed by atoms with E-state index in [2.05, 4.69) is 20.9 Å². The molecule has 1 heterocycles. The van der Waals surface area contributed by atoms with Crippen LogP contribution in [0.4, 0.5) is 0 Å². The second-order valence-corrected chi connectivity index (χ2v) is 2.31. The minimum atomic E-state index is -2.06. The number of aromatic nitrogens is 1. The first kappa shape index (κ1) is 2.97. The van der Waals surface area contributed by atoms with E-state index < -0.39 is 6.85 Å². The number of aryl methyl sites for hydroxylation is 1. The Morgan fingerprint density at radius 2 is 2.62 bits per heavy atom. The third-order valence-electron chi connectivity index (χ3n) is 0.705. The van der Waals surface area contributed by atoms with Gasteiger partial charge in [-0.3, -0.25) is 4.98 Å². The highest BCUT2D eigenvalue weighted by Gasteiger charge is 1.83. The first-order valence-electron chi connectivity index (χ1n) is 3.61. The molecule has 0 spiro atoms. The van der Waals surface area contributed by atoms with Gasteiger partial charge in [0.2, 0.25) is 0 Å². The van der Waals surface area contributed by atoms with Crippen LogP contribution in [0.3, 0.4) is 0 Å². The number of nitrogens with zero attached hydrogens (tertiary/aromatic N) is 1. The summed E-state index contributed by atoms with van der Waals surface area (Å²) in [6.45, 7) is -2.06. The Hall–Kier alpha value is -0.370. The third kappa shape index (κ3) is 1.30. The highest BCUT2D eigenvalue weighted by molar-refractivity contribution is 9.10. The van der Waals surface area contributed by atoms with Gasteiger partial charge in [0.15, 0.2) is 0 Å². The fraction of sp³-hybridized carbons (Fsp3) is 0.167. The van der Waals surface area contributed by atoms with Gasteiger partial charge in [-0.05, 0) is 34.4 Å². The lowest BCUT2D eigenvalue weighted by Gasteiger charge is -1.88. The fourth-order valence-corrected chi connectivity index (χ4v) is 0.777. The van der Waals surface area contributed by atoms with Crippen LogP contribution in [0.25, 0.3) is 0 Å². The topological polar surface area (TPSA) is 12.9 Å². The number of hydrogen-bond acceptors (Lipinski definition) is 1. The van der Waals surface area contributed by atoms with Crippen molar-refractivity contribution in [1.82, 2.24) is 4.98 Å². The molecule has 0 aliphatic heterocycles. The van der Waals surface area contributed by atoms with E-state index >= 15 is 0 Å². The van der Waals surface area contributed by atoms with Gasteiger partial charge in [-0.2, -0.15) is 0 Å². The molecule has 0 N–H and O–H groups in total. The molecule has 0 aliphatic carbocycles. The molecule has 1 aromatic rings. The largest absolute Gasteiger partial charge is 0.263 e. The monoisotopic (exact) mass is 174 g/mol.